The van der Waals surface area contributed by atoms with Crippen LogP contribution in [0.2, 0.25) is 0 Å². The summed E-state index contributed by atoms with van der Waals surface area (Å²) >= 11 is 0. The van der Waals surface area contributed by atoms with E-state index in [4.69, 9.17) is 9.47 Å². The highest BCUT2D eigenvalue weighted by Crippen LogP contribution is 2.41. The molecule has 0 aliphatic carbocycles. The molecule has 158 valence electrons. The number of ether oxygens (including phenoxy) is 2. The van der Waals surface area contributed by atoms with Crippen LogP contribution < -0.4 is 0 Å². The van der Waals surface area contributed by atoms with Crippen molar-refractivity contribution in [2.75, 3.05) is 6.61 Å². The number of aliphatic hydroxyl groups is 1. The molecule has 0 fully saturated rings. The molecule has 0 heterocycles. The summed E-state index contributed by atoms with van der Waals surface area (Å²) in [6, 6.07) is 0. The number of hydrogen-bond donors (Lipinski definition) is 2. The van der Waals surface area contributed by atoms with Gasteiger partial charge in [-0.05, 0) is 67.7 Å². The summed E-state index contributed by atoms with van der Waals surface area (Å²) in [5.74, 6) is -2.83. The Labute approximate surface area is 162 Å². The Bertz CT molecular complexity index is 531. The Morgan fingerprint density at radius 2 is 1.52 bits per heavy atom. The van der Waals surface area contributed by atoms with Crippen LogP contribution in [0.4, 0.5) is 0 Å². The summed E-state index contributed by atoms with van der Waals surface area (Å²) in [4.78, 5) is 36.9. The van der Waals surface area contributed by atoms with Gasteiger partial charge in [0, 0.05) is 0 Å². The van der Waals surface area contributed by atoms with Crippen LogP contribution >= 0.6 is 0 Å². The molecule has 3 unspecified atom stereocenters. The molecule has 0 radical (unpaired) electrons. The molecule has 0 aliphatic rings. The molecule has 2 N–H and O–H groups in total. The summed E-state index contributed by atoms with van der Waals surface area (Å²) < 4.78 is 10.6. The molecule has 0 aromatic carbocycles. The molecule has 0 aromatic heterocycles. The summed E-state index contributed by atoms with van der Waals surface area (Å²) in [6.45, 7) is 13.3. The van der Waals surface area contributed by atoms with Crippen molar-refractivity contribution in [2.24, 2.45) is 16.7 Å². The molecule has 0 rings (SSSR count). The maximum Gasteiger partial charge on any atom is 0.312 e. The van der Waals surface area contributed by atoms with E-state index in [-0.39, 0.29) is 19.4 Å². The zero-order chi connectivity index (χ0) is 21.6. The SMILES string of the molecule is CCC(CC(C)(CC(C)(C)C(=O)OC(C)(C)C)C(=O)OCC(C)O)C(=O)O. The van der Waals surface area contributed by atoms with Crippen LogP contribution in [0.25, 0.3) is 0 Å². The number of carboxylic acids is 1. The van der Waals surface area contributed by atoms with Gasteiger partial charge in [0.2, 0.25) is 0 Å². The van der Waals surface area contributed by atoms with Crippen LogP contribution in [0.1, 0.15) is 74.7 Å². The second kappa shape index (κ2) is 9.53. The monoisotopic (exact) mass is 388 g/mol. The van der Waals surface area contributed by atoms with E-state index < -0.39 is 46.4 Å². The van der Waals surface area contributed by atoms with Gasteiger partial charge >= 0.3 is 17.9 Å². The third-order valence-corrected chi connectivity index (χ3v) is 4.27. The smallest absolute Gasteiger partial charge is 0.312 e. The highest BCUT2D eigenvalue weighted by molar-refractivity contribution is 5.81. The van der Waals surface area contributed by atoms with Gasteiger partial charge in [-0.3, -0.25) is 14.4 Å². The molecule has 0 aromatic rings. The van der Waals surface area contributed by atoms with Crippen molar-refractivity contribution >= 4 is 17.9 Å². The normalized spacial score (nSPS) is 16.8. The Balaban J connectivity index is 5.65. The van der Waals surface area contributed by atoms with E-state index in [2.05, 4.69) is 0 Å². The van der Waals surface area contributed by atoms with Crippen molar-refractivity contribution in [1.82, 2.24) is 0 Å². The van der Waals surface area contributed by atoms with E-state index in [9.17, 15) is 24.6 Å². The first-order valence-corrected chi connectivity index (χ1v) is 9.35. The fourth-order valence-electron chi connectivity index (χ4n) is 3.01. The first kappa shape index (κ1) is 25.4. The number of carboxylic acid groups (broad SMARTS) is 1. The van der Waals surface area contributed by atoms with Crippen LogP contribution in [0.3, 0.4) is 0 Å². The predicted octanol–water partition coefficient (Wildman–Crippen LogP) is 3.18. The molecule has 0 aliphatic heterocycles. The largest absolute Gasteiger partial charge is 0.481 e. The zero-order valence-electron chi connectivity index (χ0n) is 17.9. The topological polar surface area (TPSA) is 110 Å². The molecule has 27 heavy (non-hydrogen) atoms. The summed E-state index contributed by atoms with van der Waals surface area (Å²) in [6.07, 6.45) is -0.388. The highest BCUT2D eigenvalue weighted by atomic mass is 16.6. The van der Waals surface area contributed by atoms with Gasteiger partial charge < -0.3 is 19.7 Å². The molecule has 0 spiro atoms. The molecular weight excluding hydrogens is 352 g/mol. The van der Waals surface area contributed by atoms with Crippen molar-refractivity contribution in [3.63, 3.8) is 0 Å². The van der Waals surface area contributed by atoms with Crippen molar-refractivity contribution in [3.8, 4) is 0 Å². The van der Waals surface area contributed by atoms with E-state index in [1.54, 1.807) is 48.5 Å². The average Bonchev–Trinajstić information content (AvgIpc) is 2.47. The van der Waals surface area contributed by atoms with Gasteiger partial charge in [0.1, 0.15) is 12.2 Å². The number of hydrogen-bond acceptors (Lipinski definition) is 6. The minimum absolute atomic E-state index is 0.0315. The van der Waals surface area contributed by atoms with Gasteiger partial charge in [-0.2, -0.15) is 0 Å². The fraction of sp³-hybridized carbons (Fsp3) is 0.850. The van der Waals surface area contributed by atoms with Crippen LogP contribution in [-0.4, -0.2) is 46.4 Å². The first-order chi connectivity index (χ1) is 12.0. The molecule has 0 amide bonds. The predicted molar refractivity (Wildman–Crippen MR) is 101 cm³/mol. The molecule has 0 saturated heterocycles. The lowest BCUT2D eigenvalue weighted by molar-refractivity contribution is -0.172. The van der Waals surface area contributed by atoms with Gasteiger partial charge in [-0.1, -0.05) is 6.92 Å². The number of rotatable bonds is 10. The van der Waals surface area contributed by atoms with Gasteiger partial charge in [0.05, 0.1) is 22.9 Å². The van der Waals surface area contributed by atoms with Crippen LogP contribution in [-0.2, 0) is 23.9 Å². The van der Waals surface area contributed by atoms with Crippen molar-refractivity contribution in [1.29, 1.82) is 0 Å². The third-order valence-electron chi connectivity index (χ3n) is 4.27. The first-order valence-electron chi connectivity index (χ1n) is 9.35. The van der Waals surface area contributed by atoms with Crippen molar-refractivity contribution in [3.05, 3.63) is 0 Å². The molecule has 7 nitrogen and oxygen atoms in total. The van der Waals surface area contributed by atoms with Crippen LogP contribution in [0.5, 0.6) is 0 Å². The minimum atomic E-state index is -1.21. The second-order valence-corrected chi connectivity index (χ2v) is 9.22. The zero-order valence-corrected chi connectivity index (χ0v) is 17.9. The van der Waals surface area contributed by atoms with E-state index in [0.29, 0.717) is 6.42 Å². The van der Waals surface area contributed by atoms with Gasteiger partial charge in [0.15, 0.2) is 0 Å². The Morgan fingerprint density at radius 1 is 1.00 bits per heavy atom. The number of esters is 2. The average molecular weight is 389 g/mol. The highest BCUT2D eigenvalue weighted by Gasteiger charge is 2.46. The lowest BCUT2D eigenvalue weighted by Gasteiger charge is -2.37. The quantitative estimate of drug-likeness (QED) is 0.553. The molecule has 3 atom stereocenters. The van der Waals surface area contributed by atoms with E-state index in [1.165, 1.54) is 6.92 Å². The molecule has 0 bridgehead atoms. The maximum absolute atomic E-state index is 12.8. The molecular formula is C20H36O7. The van der Waals surface area contributed by atoms with E-state index in [0.717, 1.165) is 0 Å². The summed E-state index contributed by atoms with van der Waals surface area (Å²) in [7, 11) is 0. The van der Waals surface area contributed by atoms with Crippen molar-refractivity contribution in [2.45, 2.75) is 86.4 Å². The fourth-order valence-corrected chi connectivity index (χ4v) is 3.01. The van der Waals surface area contributed by atoms with E-state index in [1.807, 2.05) is 0 Å². The summed E-state index contributed by atoms with van der Waals surface area (Å²) in [5.41, 5.74) is -2.92. The third kappa shape index (κ3) is 8.73. The molecule has 0 saturated carbocycles. The number of carbonyl (C=O) groups is 3. The number of carbonyl (C=O) groups excluding carboxylic acids is 2. The van der Waals surface area contributed by atoms with Crippen LogP contribution in [0.15, 0.2) is 0 Å². The van der Waals surface area contributed by atoms with Crippen molar-refractivity contribution < 1.29 is 34.1 Å². The number of aliphatic hydroxyl groups excluding tert-OH is 1. The lowest BCUT2D eigenvalue weighted by atomic mass is 9.69. The Morgan fingerprint density at radius 3 is 1.89 bits per heavy atom. The summed E-state index contributed by atoms with van der Waals surface area (Å²) in [5, 5.41) is 18.8. The second-order valence-electron chi connectivity index (χ2n) is 9.22. The van der Waals surface area contributed by atoms with Gasteiger partial charge in [0.25, 0.3) is 0 Å². The molecule has 7 heteroatoms. The van der Waals surface area contributed by atoms with Crippen LogP contribution in [0, 0.1) is 16.7 Å². The van der Waals surface area contributed by atoms with Gasteiger partial charge in [-0.15, -0.1) is 0 Å². The van der Waals surface area contributed by atoms with Gasteiger partial charge in [-0.25, -0.2) is 0 Å². The number of aliphatic carboxylic acids is 1. The van der Waals surface area contributed by atoms with E-state index >= 15 is 0 Å². The minimum Gasteiger partial charge on any atom is -0.481 e. The Hall–Kier alpha value is -1.63. The lowest BCUT2D eigenvalue weighted by Crippen LogP contribution is -2.43. The standard InChI is InChI=1S/C20H36O7/c1-9-14(15(22)23)10-20(8,17(25)26-11-13(2)21)12-19(6,7)16(24)27-18(3,4)5/h13-14,21H,9-12H2,1-8H3,(H,22,23). The maximum atomic E-state index is 12.8. The Kier molecular flexibility index (Phi) is 8.96.